The van der Waals surface area contributed by atoms with Crippen LogP contribution < -0.4 is 16.0 Å². The van der Waals surface area contributed by atoms with Crippen LogP contribution in [0, 0.1) is 11.3 Å². The van der Waals surface area contributed by atoms with Crippen molar-refractivity contribution in [3.05, 3.63) is 36.0 Å². The predicted octanol–water partition coefficient (Wildman–Crippen LogP) is 1.55. The summed E-state index contributed by atoms with van der Waals surface area (Å²) >= 11 is 0. The zero-order chi connectivity index (χ0) is 27.7. The lowest BCUT2D eigenvalue weighted by molar-refractivity contribution is -0.150. The summed E-state index contributed by atoms with van der Waals surface area (Å²) in [6.07, 6.45) is 4.83. The Bertz CT molecular complexity index is 1190. The molecule has 1 unspecified atom stereocenters. The Morgan fingerprint density at radius 3 is 2.42 bits per heavy atom. The molecule has 38 heavy (non-hydrogen) atoms. The van der Waals surface area contributed by atoms with Gasteiger partial charge >= 0.3 is 5.97 Å². The summed E-state index contributed by atoms with van der Waals surface area (Å²) in [6.45, 7) is 3.14. The van der Waals surface area contributed by atoms with E-state index in [9.17, 15) is 24.0 Å². The molecule has 0 saturated heterocycles. The molecule has 1 aromatic heterocycles. The Kier molecular flexibility index (Phi) is 10.1. The van der Waals surface area contributed by atoms with Crippen LogP contribution in [0.4, 0.5) is 0 Å². The van der Waals surface area contributed by atoms with Crippen molar-refractivity contribution in [2.24, 2.45) is 5.92 Å². The third-order valence-electron chi connectivity index (χ3n) is 6.73. The minimum atomic E-state index is -1.16. The van der Waals surface area contributed by atoms with Crippen molar-refractivity contribution in [2.45, 2.75) is 70.5 Å². The summed E-state index contributed by atoms with van der Waals surface area (Å²) in [5, 5.41) is 16.1. The standard InChI is InChI=1S/C27H35N5O6/c1-3-38-27(37)24(17-7-6-8-17)32-25(35)22(12-11-19(34)14-28)31-26(36)23(30-16(2)33)13-18-15-29-21-10-5-4-9-20(18)21/h4-5,9-10,14-15,17,22-24,28-29H,3,6-8,11-13H2,1-2H3,(H,30,33)(H,31,36)(H,32,35)/t22-,23-,24?/m0/s1. The molecule has 1 fully saturated rings. The first-order valence-electron chi connectivity index (χ1n) is 12.9. The minimum absolute atomic E-state index is 0.0634. The van der Waals surface area contributed by atoms with E-state index in [1.54, 1.807) is 13.1 Å². The van der Waals surface area contributed by atoms with Crippen molar-refractivity contribution >= 4 is 46.6 Å². The zero-order valence-corrected chi connectivity index (χ0v) is 21.7. The van der Waals surface area contributed by atoms with E-state index in [0.717, 1.165) is 35.7 Å². The second kappa shape index (κ2) is 13.5. The van der Waals surface area contributed by atoms with Crippen LogP contribution in [0.1, 0.15) is 51.5 Å². The zero-order valence-electron chi connectivity index (χ0n) is 21.7. The number of benzene rings is 1. The Labute approximate surface area is 221 Å². The lowest BCUT2D eigenvalue weighted by Gasteiger charge is -2.33. The van der Waals surface area contributed by atoms with Gasteiger partial charge in [-0.2, -0.15) is 0 Å². The number of fused-ring (bicyclic) bond motifs is 1. The van der Waals surface area contributed by atoms with E-state index in [1.807, 2.05) is 24.3 Å². The lowest BCUT2D eigenvalue weighted by atomic mass is 9.79. The quantitative estimate of drug-likeness (QED) is 0.185. The molecular weight excluding hydrogens is 490 g/mol. The molecule has 1 aromatic carbocycles. The normalized spacial score (nSPS) is 15.4. The summed E-state index contributed by atoms with van der Waals surface area (Å²) < 4.78 is 5.14. The number of ether oxygens (including phenoxy) is 1. The van der Waals surface area contributed by atoms with Crippen LogP contribution in [0.25, 0.3) is 10.9 Å². The smallest absolute Gasteiger partial charge is 0.328 e. The number of hydrogen-bond acceptors (Lipinski definition) is 7. The number of rotatable bonds is 14. The molecule has 1 aliphatic carbocycles. The largest absolute Gasteiger partial charge is 0.464 e. The van der Waals surface area contributed by atoms with Crippen LogP contribution in [-0.2, 0) is 35.1 Å². The average molecular weight is 526 g/mol. The maximum Gasteiger partial charge on any atom is 0.328 e. The highest BCUT2D eigenvalue weighted by atomic mass is 16.5. The van der Waals surface area contributed by atoms with Crippen molar-refractivity contribution in [3.8, 4) is 0 Å². The van der Waals surface area contributed by atoms with Gasteiger partial charge in [0.15, 0.2) is 5.78 Å². The van der Waals surface area contributed by atoms with Gasteiger partial charge in [0.05, 0.1) is 12.8 Å². The maximum atomic E-state index is 13.4. The van der Waals surface area contributed by atoms with Crippen LogP contribution >= 0.6 is 0 Å². The van der Waals surface area contributed by atoms with E-state index in [4.69, 9.17) is 10.1 Å². The van der Waals surface area contributed by atoms with Crippen molar-refractivity contribution in [1.82, 2.24) is 20.9 Å². The molecule has 204 valence electrons. The third-order valence-corrected chi connectivity index (χ3v) is 6.73. The molecule has 1 saturated carbocycles. The van der Waals surface area contributed by atoms with Gasteiger partial charge in [-0.3, -0.25) is 19.2 Å². The number of ketones is 1. The van der Waals surface area contributed by atoms with Gasteiger partial charge in [-0.15, -0.1) is 0 Å². The molecule has 5 N–H and O–H groups in total. The fourth-order valence-electron chi connectivity index (χ4n) is 4.50. The molecule has 3 atom stereocenters. The molecule has 11 heteroatoms. The van der Waals surface area contributed by atoms with Gasteiger partial charge in [0.1, 0.15) is 18.1 Å². The number of aromatic amines is 1. The Balaban J connectivity index is 1.78. The number of carbonyl (C=O) groups is 5. The molecule has 3 rings (SSSR count). The number of amides is 3. The van der Waals surface area contributed by atoms with Gasteiger partial charge in [-0.25, -0.2) is 4.79 Å². The molecule has 1 heterocycles. The summed E-state index contributed by atoms with van der Waals surface area (Å²) in [6, 6.07) is 4.54. The second-order valence-corrected chi connectivity index (χ2v) is 9.46. The van der Waals surface area contributed by atoms with E-state index >= 15 is 0 Å². The van der Waals surface area contributed by atoms with Gasteiger partial charge in [-0.1, -0.05) is 24.6 Å². The van der Waals surface area contributed by atoms with Crippen LogP contribution in [-0.4, -0.2) is 65.4 Å². The SMILES string of the molecule is CCOC(=O)C(NC(=O)[C@H](CCC(=O)C=N)NC(=O)[C@H](Cc1c[nH]c2ccccc12)NC(C)=O)C1CCC1. The summed E-state index contributed by atoms with van der Waals surface area (Å²) in [5.74, 6) is -2.76. The van der Waals surface area contributed by atoms with E-state index in [1.165, 1.54) is 6.92 Å². The molecule has 0 spiro atoms. The number of esters is 1. The van der Waals surface area contributed by atoms with Crippen molar-refractivity contribution in [3.63, 3.8) is 0 Å². The summed E-state index contributed by atoms with van der Waals surface area (Å²) in [4.78, 5) is 66.0. The predicted molar refractivity (Wildman–Crippen MR) is 140 cm³/mol. The first-order valence-corrected chi connectivity index (χ1v) is 12.9. The maximum absolute atomic E-state index is 13.4. The highest BCUT2D eigenvalue weighted by molar-refractivity contribution is 6.26. The van der Waals surface area contributed by atoms with Crippen LogP contribution in [0.5, 0.6) is 0 Å². The van der Waals surface area contributed by atoms with Gasteiger partial charge < -0.3 is 31.1 Å². The Morgan fingerprint density at radius 2 is 1.79 bits per heavy atom. The first kappa shape index (κ1) is 28.5. The fraction of sp³-hybridized carbons (Fsp3) is 0.481. The summed E-state index contributed by atoms with van der Waals surface area (Å²) in [5.41, 5.74) is 1.69. The first-order chi connectivity index (χ1) is 18.2. The number of carbonyl (C=O) groups excluding carboxylic acids is 5. The highest BCUT2D eigenvalue weighted by Gasteiger charge is 2.37. The monoisotopic (exact) mass is 525 g/mol. The average Bonchev–Trinajstić information content (AvgIpc) is 3.26. The van der Waals surface area contributed by atoms with Gasteiger partial charge in [0, 0.05) is 36.9 Å². The number of para-hydroxylation sites is 1. The number of nitrogens with one attached hydrogen (secondary N) is 5. The van der Waals surface area contributed by atoms with Crippen LogP contribution in [0.3, 0.4) is 0 Å². The fourth-order valence-corrected chi connectivity index (χ4v) is 4.50. The van der Waals surface area contributed by atoms with E-state index in [0.29, 0.717) is 6.21 Å². The lowest BCUT2D eigenvalue weighted by Crippen LogP contribution is -2.57. The number of H-pyrrole nitrogens is 1. The third kappa shape index (κ3) is 7.50. The topological polar surface area (TPSA) is 170 Å². The Hall–Kier alpha value is -4.02. The molecular formula is C27H35N5O6. The number of aromatic nitrogens is 1. The second-order valence-electron chi connectivity index (χ2n) is 9.46. The van der Waals surface area contributed by atoms with Crippen molar-refractivity contribution in [1.29, 1.82) is 5.41 Å². The van der Waals surface area contributed by atoms with Crippen molar-refractivity contribution in [2.75, 3.05) is 6.61 Å². The minimum Gasteiger partial charge on any atom is -0.464 e. The van der Waals surface area contributed by atoms with Gasteiger partial charge in [0.25, 0.3) is 0 Å². The van der Waals surface area contributed by atoms with E-state index < -0.39 is 47.6 Å². The molecule has 0 aliphatic heterocycles. The van der Waals surface area contributed by atoms with Crippen LogP contribution in [0.15, 0.2) is 30.5 Å². The molecule has 2 aromatic rings. The van der Waals surface area contributed by atoms with E-state index in [-0.39, 0.29) is 31.8 Å². The molecule has 1 aliphatic rings. The van der Waals surface area contributed by atoms with Gasteiger partial charge in [-0.05, 0) is 43.7 Å². The Morgan fingerprint density at radius 1 is 1.08 bits per heavy atom. The van der Waals surface area contributed by atoms with Crippen molar-refractivity contribution < 1.29 is 28.7 Å². The van der Waals surface area contributed by atoms with Crippen LogP contribution in [0.2, 0.25) is 0 Å². The summed E-state index contributed by atoms with van der Waals surface area (Å²) in [7, 11) is 0. The molecule has 0 bridgehead atoms. The molecule has 3 amide bonds. The highest BCUT2D eigenvalue weighted by Crippen LogP contribution is 2.30. The number of Topliss-reactive ketones (excluding diaryl/α,β-unsaturated/α-hetero) is 1. The molecule has 0 radical (unpaired) electrons. The van der Waals surface area contributed by atoms with E-state index in [2.05, 4.69) is 20.9 Å². The molecule has 11 nitrogen and oxygen atoms in total. The van der Waals surface area contributed by atoms with Gasteiger partial charge in [0.2, 0.25) is 17.7 Å². The number of hydrogen-bond donors (Lipinski definition) is 5.